The zero-order chi connectivity index (χ0) is 26.8. The van der Waals surface area contributed by atoms with E-state index in [1.54, 1.807) is 23.2 Å². The summed E-state index contributed by atoms with van der Waals surface area (Å²) < 4.78 is 47.1. The number of carbonyl (C=O) groups excluding carboxylic acids is 1. The number of likely N-dealkylation sites (tertiary alicyclic amines) is 1. The average molecular weight is 543 g/mol. The second-order valence-electron chi connectivity index (χ2n) is 10.6. The molecule has 2 aromatic heterocycles. The minimum absolute atomic E-state index is 0.0539. The van der Waals surface area contributed by atoms with Crippen molar-refractivity contribution in [3.8, 4) is 11.9 Å². The van der Waals surface area contributed by atoms with E-state index in [4.69, 9.17) is 22.2 Å². The lowest BCUT2D eigenvalue weighted by Crippen LogP contribution is -2.55. The maximum atomic E-state index is 13.6. The maximum absolute atomic E-state index is 13.6. The molecule has 4 aliphatic rings. The van der Waals surface area contributed by atoms with Crippen LogP contribution < -0.4 is 14.5 Å². The number of rotatable bonds is 4. The molecule has 38 heavy (non-hydrogen) atoms. The molecule has 12 heteroatoms. The summed E-state index contributed by atoms with van der Waals surface area (Å²) in [7, 11) is 2.13. The molecule has 4 fully saturated rings. The summed E-state index contributed by atoms with van der Waals surface area (Å²) in [6.07, 6.45) is 2.09. The molecule has 0 radical (unpaired) electrons. The summed E-state index contributed by atoms with van der Waals surface area (Å²) in [6, 6.07) is 5.78. The number of alkyl halides is 3. The molecule has 2 unspecified atom stereocenters. The third kappa shape index (κ3) is 3.82. The van der Waals surface area contributed by atoms with Crippen molar-refractivity contribution in [1.82, 2.24) is 14.9 Å². The van der Waals surface area contributed by atoms with Crippen molar-refractivity contribution in [2.45, 2.75) is 49.9 Å². The first-order valence-corrected chi connectivity index (χ1v) is 13.0. The quantitative estimate of drug-likeness (QED) is 0.533. The molecule has 2 aliphatic carbocycles. The van der Waals surface area contributed by atoms with E-state index in [0.717, 1.165) is 49.5 Å². The molecule has 2 aromatic rings. The van der Waals surface area contributed by atoms with Gasteiger partial charge in [0.2, 0.25) is 5.88 Å². The molecule has 6 rings (SSSR count). The third-order valence-electron chi connectivity index (χ3n) is 8.30. The summed E-state index contributed by atoms with van der Waals surface area (Å²) in [5.41, 5.74) is -2.50. The van der Waals surface area contributed by atoms with Crippen LogP contribution in [0.2, 0.25) is 0 Å². The topological polar surface area (TPSA) is 85.6 Å². The van der Waals surface area contributed by atoms with Crippen molar-refractivity contribution in [2.24, 2.45) is 11.8 Å². The molecule has 2 saturated carbocycles. The molecule has 0 aromatic carbocycles. The standard InChI is InChI=1S/C26H25F3N6O2S/c1-33-13-15-3-4-16(14-33)22(15)37-21-6-5-17(11-32-21)35-24(38)34(23(36)25(35)7-2-8-25)18-9-19(26(27,28)29)20(10-30)31-12-18/h5-6,9,11-12,15-16,22H,2-4,7-8,13-14H2,1H3. The Morgan fingerprint density at radius 1 is 1.13 bits per heavy atom. The number of hydrogen-bond acceptors (Lipinski definition) is 7. The lowest BCUT2D eigenvalue weighted by Gasteiger charge is -2.42. The second-order valence-corrected chi connectivity index (χ2v) is 11.0. The number of piperidine rings is 1. The molecule has 8 nitrogen and oxygen atoms in total. The van der Waals surface area contributed by atoms with Gasteiger partial charge in [0.25, 0.3) is 5.91 Å². The highest BCUT2D eigenvalue weighted by molar-refractivity contribution is 7.81. The van der Waals surface area contributed by atoms with Crippen molar-refractivity contribution >= 4 is 34.6 Å². The molecule has 1 spiro atoms. The van der Waals surface area contributed by atoms with Gasteiger partial charge in [-0.15, -0.1) is 0 Å². The van der Waals surface area contributed by atoms with Gasteiger partial charge in [-0.3, -0.25) is 9.69 Å². The van der Waals surface area contributed by atoms with Gasteiger partial charge in [0, 0.05) is 31.0 Å². The number of aromatic nitrogens is 2. The van der Waals surface area contributed by atoms with Gasteiger partial charge in [0.05, 0.1) is 29.3 Å². The minimum atomic E-state index is -4.81. The second kappa shape index (κ2) is 8.88. The molecule has 2 bridgehead atoms. The van der Waals surface area contributed by atoms with Gasteiger partial charge < -0.3 is 14.5 Å². The van der Waals surface area contributed by atoms with E-state index in [0.29, 0.717) is 36.2 Å². The molecular weight excluding hydrogens is 517 g/mol. The van der Waals surface area contributed by atoms with E-state index in [2.05, 4.69) is 21.9 Å². The predicted octanol–water partition coefficient (Wildman–Crippen LogP) is 4.15. The number of halogens is 3. The fourth-order valence-corrected chi connectivity index (χ4v) is 6.87. The predicted molar refractivity (Wildman–Crippen MR) is 135 cm³/mol. The molecule has 198 valence electrons. The summed E-state index contributed by atoms with van der Waals surface area (Å²) in [6.45, 7) is 2.00. The van der Waals surface area contributed by atoms with Crippen LogP contribution in [0.15, 0.2) is 30.6 Å². The lowest BCUT2D eigenvalue weighted by atomic mass is 9.75. The van der Waals surface area contributed by atoms with Gasteiger partial charge in [-0.1, -0.05) is 0 Å². The number of amides is 1. The van der Waals surface area contributed by atoms with Gasteiger partial charge in [-0.05, 0) is 63.5 Å². The Balaban J connectivity index is 1.28. The molecule has 2 saturated heterocycles. The molecule has 2 aliphatic heterocycles. The Hall–Kier alpha value is -3.30. The Kier molecular flexibility index (Phi) is 5.84. The van der Waals surface area contributed by atoms with Gasteiger partial charge in [-0.25, -0.2) is 9.97 Å². The van der Waals surface area contributed by atoms with Gasteiger partial charge in [-0.2, -0.15) is 18.4 Å². The van der Waals surface area contributed by atoms with Crippen LogP contribution in [-0.2, 0) is 11.0 Å². The number of carbonyl (C=O) groups is 1. The first-order chi connectivity index (χ1) is 18.1. The molecule has 4 heterocycles. The van der Waals surface area contributed by atoms with Crippen molar-refractivity contribution in [3.63, 3.8) is 0 Å². The average Bonchev–Trinajstić information content (AvgIpc) is 3.23. The van der Waals surface area contributed by atoms with Gasteiger partial charge in [0.15, 0.2) is 10.8 Å². The Morgan fingerprint density at radius 3 is 2.37 bits per heavy atom. The molecular formula is C26H25F3N6O2S. The fraction of sp³-hybridized carbons (Fsp3) is 0.500. The number of hydrogen-bond donors (Lipinski definition) is 0. The first-order valence-electron chi connectivity index (χ1n) is 12.6. The SMILES string of the molecule is CN1CC2CCC(C1)C2Oc1ccc(N2C(=S)N(c3cnc(C#N)c(C(F)(F)F)c3)C(=O)C23CCC3)cn1. The smallest absolute Gasteiger partial charge is 0.419 e. The van der Waals surface area contributed by atoms with Crippen LogP contribution in [-0.4, -0.2) is 57.7 Å². The van der Waals surface area contributed by atoms with Crippen LogP contribution >= 0.6 is 12.2 Å². The van der Waals surface area contributed by atoms with E-state index in [-0.39, 0.29) is 16.9 Å². The van der Waals surface area contributed by atoms with Crippen LogP contribution in [0, 0.1) is 23.2 Å². The van der Waals surface area contributed by atoms with Crippen molar-refractivity contribution in [2.75, 3.05) is 29.9 Å². The van der Waals surface area contributed by atoms with Gasteiger partial charge in [0.1, 0.15) is 17.7 Å². The Morgan fingerprint density at radius 2 is 1.82 bits per heavy atom. The number of thiocarbonyl (C=S) groups is 1. The van der Waals surface area contributed by atoms with Crippen LogP contribution in [0.3, 0.4) is 0 Å². The highest BCUT2D eigenvalue weighted by Gasteiger charge is 2.60. The minimum Gasteiger partial charge on any atom is -0.474 e. The van der Waals surface area contributed by atoms with Crippen molar-refractivity contribution in [3.05, 3.63) is 41.9 Å². The summed E-state index contributed by atoms with van der Waals surface area (Å²) >= 11 is 5.66. The normalized spacial score (nSPS) is 26.6. The summed E-state index contributed by atoms with van der Waals surface area (Å²) in [5, 5.41) is 9.14. The Labute approximate surface area is 223 Å². The number of fused-ring (bicyclic) bond motifs is 2. The Bertz CT molecular complexity index is 1330. The van der Waals surface area contributed by atoms with E-state index in [1.165, 1.54) is 6.07 Å². The van der Waals surface area contributed by atoms with Crippen molar-refractivity contribution in [1.29, 1.82) is 5.26 Å². The lowest BCUT2D eigenvalue weighted by molar-refractivity contribution is -0.138. The van der Waals surface area contributed by atoms with Gasteiger partial charge >= 0.3 is 6.18 Å². The largest absolute Gasteiger partial charge is 0.474 e. The highest BCUT2D eigenvalue weighted by Crippen LogP contribution is 2.48. The number of ether oxygens (including phenoxy) is 1. The first kappa shape index (κ1) is 25.0. The number of pyridine rings is 2. The van der Waals surface area contributed by atoms with E-state index in [9.17, 15) is 18.0 Å². The van der Waals surface area contributed by atoms with Crippen molar-refractivity contribution < 1.29 is 22.7 Å². The monoisotopic (exact) mass is 542 g/mol. The van der Waals surface area contributed by atoms with E-state index < -0.39 is 28.9 Å². The molecule has 0 N–H and O–H groups in total. The zero-order valence-electron chi connectivity index (χ0n) is 20.6. The zero-order valence-corrected chi connectivity index (χ0v) is 21.4. The van der Waals surface area contributed by atoms with Crippen LogP contribution in [0.5, 0.6) is 5.88 Å². The van der Waals surface area contributed by atoms with E-state index in [1.807, 2.05) is 0 Å². The molecule has 1 amide bonds. The van der Waals surface area contributed by atoms with Crippen LogP contribution in [0.1, 0.15) is 43.4 Å². The van der Waals surface area contributed by atoms with E-state index >= 15 is 0 Å². The molecule has 2 atom stereocenters. The summed E-state index contributed by atoms with van der Waals surface area (Å²) in [5.74, 6) is 1.04. The third-order valence-corrected chi connectivity index (χ3v) is 8.67. The van der Waals surface area contributed by atoms with Crippen LogP contribution in [0.25, 0.3) is 0 Å². The fourth-order valence-electron chi connectivity index (χ4n) is 6.40. The number of nitriles is 1. The number of nitrogens with zero attached hydrogens (tertiary/aromatic N) is 6. The highest BCUT2D eigenvalue weighted by atomic mass is 32.1. The number of anilines is 2. The summed E-state index contributed by atoms with van der Waals surface area (Å²) in [4.78, 5) is 26.9. The van der Waals surface area contributed by atoms with Crippen LogP contribution in [0.4, 0.5) is 24.5 Å². The maximum Gasteiger partial charge on any atom is 0.419 e.